The standard InChI is InChI=1S/C17H22N4O/c1-12-8-9-15(14-6-4-3-5-7-14)21(11-12)17(22)10-16-18-13(2)19-20-16/h3-7,12,15H,8-11H2,1-2H3,(H,18,19,20). The lowest BCUT2D eigenvalue weighted by Gasteiger charge is -2.39. The van der Waals surface area contributed by atoms with E-state index in [0.717, 1.165) is 25.2 Å². The summed E-state index contributed by atoms with van der Waals surface area (Å²) in [6.45, 7) is 4.86. The average Bonchev–Trinajstić information content (AvgIpc) is 2.93. The molecule has 1 amide bonds. The molecule has 2 atom stereocenters. The number of piperidine rings is 1. The van der Waals surface area contributed by atoms with Gasteiger partial charge in [0, 0.05) is 6.54 Å². The molecule has 0 radical (unpaired) electrons. The van der Waals surface area contributed by atoms with E-state index < -0.39 is 0 Å². The van der Waals surface area contributed by atoms with Crippen LogP contribution >= 0.6 is 0 Å². The van der Waals surface area contributed by atoms with E-state index in [1.54, 1.807) is 0 Å². The van der Waals surface area contributed by atoms with E-state index >= 15 is 0 Å². The van der Waals surface area contributed by atoms with Crippen LogP contribution in [0.15, 0.2) is 30.3 Å². The Morgan fingerprint density at radius 3 is 2.77 bits per heavy atom. The van der Waals surface area contributed by atoms with Crippen molar-refractivity contribution in [2.24, 2.45) is 5.92 Å². The second-order valence-corrected chi connectivity index (χ2v) is 6.17. The maximum absolute atomic E-state index is 12.7. The van der Waals surface area contributed by atoms with Crippen molar-refractivity contribution in [3.8, 4) is 0 Å². The third-order valence-corrected chi connectivity index (χ3v) is 4.28. The van der Waals surface area contributed by atoms with Crippen molar-refractivity contribution in [1.29, 1.82) is 0 Å². The summed E-state index contributed by atoms with van der Waals surface area (Å²) in [5.74, 6) is 1.97. The number of rotatable bonds is 3. The minimum atomic E-state index is 0.111. The molecular formula is C17H22N4O. The molecule has 1 N–H and O–H groups in total. The van der Waals surface area contributed by atoms with Gasteiger partial charge in [0.15, 0.2) is 5.82 Å². The number of nitrogens with one attached hydrogen (secondary N) is 1. The number of hydrogen-bond acceptors (Lipinski definition) is 3. The summed E-state index contributed by atoms with van der Waals surface area (Å²) in [5.41, 5.74) is 1.22. The molecule has 5 heteroatoms. The SMILES string of the molecule is Cc1nc(CC(=O)N2CC(C)CCC2c2ccccc2)n[nH]1. The van der Waals surface area contributed by atoms with Crippen LogP contribution in [-0.2, 0) is 11.2 Å². The molecular weight excluding hydrogens is 276 g/mol. The molecule has 0 spiro atoms. The molecule has 5 nitrogen and oxygen atoms in total. The van der Waals surface area contributed by atoms with Crippen LogP contribution in [0.25, 0.3) is 0 Å². The maximum Gasteiger partial charge on any atom is 0.230 e. The maximum atomic E-state index is 12.7. The number of benzene rings is 1. The van der Waals surface area contributed by atoms with Crippen LogP contribution in [0.1, 0.15) is 43.0 Å². The van der Waals surface area contributed by atoms with Crippen molar-refractivity contribution in [3.05, 3.63) is 47.5 Å². The number of aryl methyl sites for hydroxylation is 1. The van der Waals surface area contributed by atoms with Gasteiger partial charge in [0.2, 0.25) is 5.91 Å². The second kappa shape index (κ2) is 6.30. The Bertz CT molecular complexity index is 637. The number of aromatic amines is 1. The fourth-order valence-corrected chi connectivity index (χ4v) is 3.15. The highest BCUT2D eigenvalue weighted by Gasteiger charge is 2.31. The summed E-state index contributed by atoms with van der Waals surface area (Å²) in [7, 11) is 0. The Morgan fingerprint density at radius 2 is 2.09 bits per heavy atom. The van der Waals surface area contributed by atoms with E-state index in [1.807, 2.05) is 30.0 Å². The van der Waals surface area contributed by atoms with E-state index in [2.05, 4.69) is 34.2 Å². The van der Waals surface area contributed by atoms with Gasteiger partial charge in [-0.15, -0.1) is 0 Å². The van der Waals surface area contributed by atoms with Gasteiger partial charge in [0.25, 0.3) is 0 Å². The summed E-state index contributed by atoms with van der Waals surface area (Å²) < 4.78 is 0. The minimum Gasteiger partial charge on any atom is -0.335 e. The van der Waals surface area contributed by atoms with Crippen LogP contribution in [0.4, 0.5) is 0 Å². The number of likely N-dealkylation sites (tertiary alicyclic amines) is 1. The van der Waals surface area contributed by atoms with E-state index in [4.69, 9.17) is 0 Å². The van der Waals surface area contributed by atoms with E-state index in [-0.39, 0.29) is 18.4 Å². The van der Waals surface area contributed by atoms with Gasteiger partial charge in [-0.2, -0.15) is 5.10 Å². The highest BCUT2D eigenvalue weighted by atomic mass is 16.2. The fraction of sp³-hybridized carbons (Fsp3) is 0.471. The molecule has 1 aliphatic heterocycles. The number of amides is 1. The number of nitrogens with zero attached hydrogens (tertiary/aromatic N) is 3. The molecule has 1 aliphatic rings. The topological polar surface area (TPSA) is 61.9 Å². The quantitative estimate of drug-likeness (QED) is 0.947. The third kappa shape index (κ3) is 3.18. The summed E-state index contributed by atoms with van der Waals surface area (Å²) in [4.78, 5) is 19.0. The number of carbonyl (C=O) groups is 1. The molecule has 1 saturated heterocycles. The molecule has 0 bridgehead atoms. The second-order valence-electron chi connectivity index (χ2n) is 6.17. The van der Waals surface area contributed by atoms with Gasteiger partial charge in [0.05, 0.1) is 12.5 Å². The molecule has 116 valence electrons. The molecule has 1 aromatic heterocycles. The largest absolute Gasteiger partial charge is 0.335 e. The molecule has 0 saturated carbocycles. The van der Waals surface area contributed by atoms with Gasteiger partial charge in [0.1, 0.15) is 5.82 Å². The van der Waals surface area contributed by atoms with Crippen LogP contribution in [0, 0.1) is 12.8 Å². The fourth-order valence-electron chi connectivity index (χ4n) is 3.15. The lowest BCUT2D eigenvalue weighted by Crippen LogP contribution is -2.42. The first-order chi connectivity index (χ1) is 10.6. The minimum absolute atomic E-state index is 0.111. The first kappa shape index (κ1) is 14.8. The molecule has 1 fully saturated rings. The van der Waals surface area contributed by atoms with Crippen LogP contribution in [0.3, 0.4) is 0 Å². The molecule has 22 heavy (non-hydrogen) atoms. The number of aromatic nitrogens is 3. The van der Waals surface area contributed by atoms with Crippen LogP contribution < -0.4 is 0 Å². The lowest BCUT2D eigenvalue weighted by molar-refractivity contribution is -0.135. The summed E-state index contributed by atoms with van der Waals surface area (Å²) in [6.07, 6.45) is 2.44. The van der Waals surface area contributed by atoms with Gasteiger partial charge in [-0.05, 0) is 31.2 Å². The van der Waals surface area contributed by atoms with Crippen molar-refractivity contribution in [3.63, 3.8) is 0 Å². The summed E-state index contributed by atoms with van der Waals surface area (Å²) >= 11 is 0. The van der Waals surface area contributed by atoms with Gasteiger partial charge >= 0.3 is 0 Å². The number of H-pyrrole nitrogens is 1. The van der Waals surface area contributed by atoms with Crippen molar-refractivity contribution >= 4 is 5.91 Å². The predicted octanol–water partition coefficient (Wildman–Crippen LogP) is 2.66. The van der Waals surface area contributed by atoms with Crippen molar-refractivity contribution in [2.45, 2.75) is 39.2 Å². The highest BCUT2D eigenvalue weighted by molar-refractivity contribution is 5.78. The van der Waals surface area contributed by atoms with Gasteiger partial charge < -0.3 is 4.90 Å². The molecule has 2 unspecified atom stereocenters. The Hall–Kier alpha value is -2.17. The molecule has 0 aliphatic carbocycles. The van der Waals surface area contributed by atoms with E-state index in [1.165, 1.54) is 5.56 Å². The normalized spacial score (nSPS) is 21.8. The molecule has 1 aromatic carbocycles. The van der Waals surface area contributed by atoms with Gasteiger partial charge in [-0.1, -0.05) is 37.3 Å². The smallest absolute Gasteiger partial charge is 0.230 e. The van der Waals surface area contributed by atoms with Gasteiger partial charge in [-0.25, -0.2) is 4.98 Å². The Kier molecular flexibility index (Phi) is 4.22. The zero-order valence-electron chi connectivity index (χ0n) is 13.1. The van der Waals surface area contributed by atoms with Crippen molar-refractivity contribution < 1.29 is 4.79 Å². The van der Waals surface area contributed by atoms with Crippen molar-refractivity contribution in [2.75, 3.05) is 6.54 Å². The Balaban J connectivity index is 1.79. The van der Waals surface area contributed by atoms with E-state index in [0.29, 0.717) is 11.7 Å². The van der Waals surface area contributed by atoms with Crippen molar-refractivity contribution in [1.82, 2.24) is 20.1 Å². The zero-order chi connectivity index (χ0) is 15.5. The first-order valence-corrected chi connectivity index (χ1v) is 7.86. The predicted molar refractivity (Wildman–Crippen MR) is 84.1 cm³/mol. The van der Waals surface area contributed by atoms with E-state index in [9.17, 15) is 4.79 Å². The van der Waals surface area contributed by atoms with Crippen LogP contribution in [-0.4, -0.2) is 32.5 Å². The third-order valence-electron chi connectivity index (χ3n) is 4.28. The summed E-state index contributed by atoms with van der Waals surface area (Å²) in [6, 6.07) is 10.5. The zero-order valence-corrected chi connectivity index (χ0v) is 13.1. The Morgan fingerprint density at radius 1 is 1.32 bits per heavy atom. The first-order valence-electron chi connectivity index (χ1n) is 7.86. The highest BCUT2D eigenvalue weighted by Crippen LogP contribution is 2.33. The number of carbonyl (C=O) groups excluding carboxylic acids is 1. The molecule has 2 aromatic rings. The lowest BCUT2D eigenvalue weighted by atomic mass is 9.89. The van der Waals surface area contributed by atoms with Crippen LogP contribution in [0.5, 0.6) is 0 Å². The monoisotopic (exact) mass is 298 g/mol. The Labute approximate surface area is 130 Å². The molecule has 3 rings (SSSR count). The summed E-state index contributed by atoms with van der Waals surface area (Å²) in [5, 5.41) is 6.88. The average molecular weight is 298 g/mol. The van der Waals surface area contributed by atoms with Crippen LogP contribution in [0.2, 0.25) is 0 Å². The van der Waals surface area contributed by atoms with Gasteiger partial charge in [-0.3, -0.25) is 9.89 Å². The number of hydrogen-bond donors (Lipinski definition) is 1. The molecule has 2 heterocycles.